The Labute approximate surface area is 117 Å². The van der Waals surface area contributed by atoms with Crippen molar-refractivity contribution in [1.82, 2.24) is 9.80 Å². The Hall–Kier alpha value is -0.900. The topological polar surface area (TPSA) is 32.5 Å². The molecular formula is C16H27N3. The van der Waals surface area contributed by atoms with Crippen LogP contribution in [0, 0.1) is 0 Å². The summed E-state index contributed by atoms with van der Waals surface area (Å²) in [6, 6.07) is 8.81. The molecule has 19 heavy (non-hydrogen) atoms. The van der Waals surface area contributed by atoms with Crippen molar-refractivity contribution < 1.29 is 0 Å². The molecule has 0 saturated carbocycles. The van der Waals surface area contributed by atoms with Crippen LogP contribution in [0.5, 0.6) is 0 Å². The number of likely N-dealkylation sites (N-methyl/N-ethyl adjacent to an activating group) is 2. The molecule has 106 valence electrons. The Kier molecular flexibility index (Phi) is 4.61. The Balaban J connectivity index is 2.12. The van der Waals surface area contributed by atoms with Crippen LogP contribution < -0.4 is 5.73 Å². The summed E-state index contributed by atoms with van der Waals surface area (Å²) >= 11 is 0. The average Bonchev–Trinajstić information content (AvgIpc) is 2.44. The Morgan fingerprint density at radius 3 is 2.42 bits per heavy atom. The summed E-state index contributed by atoms with van der Waals surface area (Å²) < 4.78 is 0. The molecule has 1 aromatic rings. The molecule has 1 aliphatic rings. The van der Waals surface area contributed by atoms with Gasteiger partial charge in [0.15, 0.2) is 0 Å². The lowest BCUT2D eigenvalue weighted by molar-refractivity contribution is 0.100. The van der Waals surface area contributed by atoms with Crippen molar-refractivity contribution in [3.8, 4) is 0 Å². The minimum absolute atomic E-state index is 0.143. The first-order valence-electron chi connectivity index (χ1n) is 7.20. The summed E-state index contributed by atoms with van der Waals surface area (Å²) in [4.78, 5) is 4.71. The zero-order valence-electron chi connectivity index (χ0n) is 12.5. The molecule has 3 nitrogen and oxygen atoms in total. The summed E-state index contributed by atoms with van der Waals surface area (Å²) in [5, 5.41) is 0. The van der Waals surface area contributed by atoms with Crippen molar-refractivity contribution in [2.24, 2.45) is 5.73 Å². The number of benzene rings is 1. The van der Waals surface area contributed by atoms with Crippen LogP contribution in [0.25, 0.3) is 0 Å². The quantitative estimate of drug-likeness (QED) is 0.869. The number of nitrogens with zero attached hydrogens (tertiary/aromatic N) is 2. The van der Waals surface area contributed by atoms with Crippen molar-refractivity contribution >= 4 is 0 Å². The fourth-order valence-corrected chi connectivity index (χ4v) is 3.03. The first kappa shape index (κ1) is 14.5. The van der Waals surface area contributed by atoms with Gasteiger partial charge in [0.1, 0.15) is 0 Å². The first-order valence-corrected chi connectivity index (χ1v) is 7.20. The SMILES string of the molecule is CN(C)CCN(C)C1(CN)CCc2ccccc2C1. The highest BCUT2D eigenvalue weighted by atomic mass is 15.2. The lowest BCUT2D eigenvalue weighted by atomic mass is 9.77. The van der Waals surface area contributed by atoms with E-state index < -0.39 is 0 Å². The maximum absolute atomic E-state index is 6.15. The minimum Gasteiger partial charge on any atom is -0.329 e. The summed E-state index contributed by atoms with van der Waals surface area (Å²) in [7, 11) is 6.47. The van der Waals surface area contributed by atoms with Gasteiger partial charge < -0.3 is 10.6 Å². The van der Waals surface area contributed by atoms with Gasteiger partial charge in [-0.2, -0.15) is 0 Å². The highest BCUT2D eigenvalue weighted by molar-refractivity contribution is 5.32. The number of hydrogen-bond acceptors (Lipinski definition) is 3. The summed E-state index contributed by atoms with van der Waals surface area (Å²) in [6.45, 7) is 2.90. The van der Waals surface area contributed by atoms with Crippen LogP contribution >= 0.6 is 0 Å². The average molecular weight is 261 g/mol. The molecule has 0 aromatic heterocycles. The van der Waals surface area contributed by atoms with Gasteiger partial charge >= 0.3 is 0 Å². The summed E-state index contributed by atoms with van der Waals surface area (Å²) in [5.74, 6) is 0. The molecule has 0 saturated heterocycles. The third-order valence-electron chi connectivity index (χ3n) is 4.57. The van der Waals surface area contributed by atoms with Gasteiger partial charge in [-0.05, 0) is 51.5 Å². The molecule has 0 amide bonds. The highest BCUT2D eigenvalue weighted by Crippen LogP contribution is 2.31. The molecule has 2 rings (SSSR count). The lowest BCUT2D eigenvalue weighted by Crippen LogP contribution is -2.56. The molecule has 1 aromatic carbocycles. The van der Waals surface area contributed by atoms with Gasteiger partial charge in [-0.15, -0.1) is 0 Å². The van der Waals surface area contributed by atoms with Crippen molar-refractivity contribution in [2.75, 3.05) is 40.8 Å². The van der Waals surface area contributed by atoms with E-state index in [9.17, 15) is 0 Å². The fourth-order valence-electron chi connectivity index (χ4n) is 3.03. The van der Waals surface area contributed by atoms with E-state index in [1.54, 1.807) is 0 Å². The second-order valence-corrected chi connectivity index (χ2v) is 6.10. The van der Waals surface area contributed by atoms with E-state index in [2.05, 4.69) is 55.2 Å². The third kappa shape index (κ3) is 3.16. The largest absolute Gasteiger partial charge is 0.329 e. The minimum atomic E-state index is 0.143. The Morgan fingerprint density at radius 1 is 1.11 bits per heavy atom. The van der Waals surface area contributed by atoms with Crippen LogP contribution in [0.2, 0.25) is 0 Å². The van der Waals surface area contributed by atoms with Crippen LogP contribution in [0.15, 0.2) is 24.3 Å². The molecule has 0 fully saturated rings. The standard InChI is InChI=1S/C16H27N3/c1-18(2)10-11-19(3)16(13-17)9-8-14-6-4-5-7-15(14)12-16/h4-7H,8-13,17H2,1-3H3. The van der Waals surface area contributed by atoms with Gasteiger partial charge in [0.2, 0.25) is 0 Å². The lowest BCUT2D eigenvalue weighted by Gasteiger charge is -2.45. The number of hydrogen-bond donors (Lipinski definition) is 1. The maximum atomic E-state index is 6.15. The molecule has 0 aliphatic heterocycles. The van der Waals surface area contributed by atoms with Gasteiger partial charge in [0.05, 0.1) is 0 Å². The third-order valence-corrected chi connectivity index (χ3v) is 4.57. The number of aryl methyl sites for hydroxylation is 1. The maximum Gasteiger partial charge on any atom is 0.0372 e. The van der Waals surface area contributed by atoms with Gasteiger partial charge in [-0.3, -0.25) is 4.90 Å². The van der Waals surface area contributed by atoms with E-state index in [0.717, 1.165) is 32.5 Å². The van der Waals surface area contributed by atoms with Crippen LogP contribution in [0.1, 0.15) is 17.5 Å². The second-order valence-electron chi connectivity index (χ2n) is 6.10. The molecule has 0 radical (unpaired) electrons. The highest BCUT2D eigenvalue weighted by Gasteiger charge is 2.36. The van der Waals surface area contributed by atoms with Crippen molar-refractivity contribution in [1.29, 1.82) is 0 Å². The predicted molar refractivity (Wildman–Crippen MR) is 81.4 cm³/mol. The van der Waals surface area contributed by atoms with E-state index in [1.165, 1.54) is 17.5 Å². The number of fused-ring (bicyclic) bond motifs is 1. The predicted octanol–water partition coefficient (Wildman–Crippen LogP) is 1.37. The molecule has 1 unspecified atom stereocenters. The second kappa shape index (κ2) is 6.04. The zero-order chi connectivity index (χ0) is 13.9. The number of rotatable bonds is 5. The van der Waals surface area contributed by atoms with Crippen molar-refractivity contribution in [2.45, 2.75) is 24.8 Å². The molecule has 1 atom stereocenters. The molecule has 1 aliphatic carbocycles. The van der Waals surface area contributed by atoms with E-state index in [-0.39, 0.29) is 5.54 Å². The molecule has 0 spiro atoms. The molecule has 2 N–H and O–H groups in total. The van der Waals surface area contributed by atoms with Gasteiger partial charge in [0.25, 0.3) is 0 Å². The molecule has 3 heteroatoms. The summed E-state index contributed by atoms with van der Waals surface area (Å²) in [6.07, 6.45) is 3.41. The Bertz CT molecular complexity index is 416. The van der Waals surface area contributed by atoms with E-state index in [4.69, 9.17) is 5.73 Å². The monoisotopic (exact) mass is 261 g/mol. The van der Waals surface area contributed by atoms with Crippen LogP contribution in [-0.4, -0.2) is 56.1 Å². The Morgan fingerprint density at radius 2 is 1.79 bits per heavy atom. The first-order chi connectivity index (χ1) is 9.07. The normalized spacial score (nSPS) is 22.8. The smallest absolute Gasteiger partial charge is 0.0372 e. The number of nitrogens with two attached hydrogens (primary N) is 1. The molecule has 0 bridgehead atoms. The van der Waals surface area contributed by atoms with Crippen LogP contribution in [-0.2, 0) is 12.8 Å². The van der Waals surface area contributed by atoms with E-state index in [0.29, 0.717) is 0 Å². The van der Waals surface area contributed by atoms with Gasteiger partial charge in [0, 0.05) is 25.2 Å². The van der Waals surface area contributed by atoms with E-state index in [1.807, 2.05) is 0 Å². The molecular weight excluding hydrogens is 234 g/mol. The van der Waals surface area contributed by atoms with Crippen LogP contribution in [0.4, 0.5) is 0 Å². The fraction of sp³-hybridized carbons (Fsp3) is 0.625. The molecule has 0 heterocycles. The van der Waals surface area contributed by atoms with Crippen molar-refractivity contribution in [3.05, 3.63) is 35.4 Å². The van der Waals surface area contributed by atoms with Gasteiger partial charge in [-0.25, -0.2) is 0 Å². The van der Waals surface area contributed by atoms with Gasteiger partial charge in [-0.1, -0.05) is 24.3 Å². The zero-order valence-corrected chi connectivity index (χ0v) is 12.5. The van der Waals surface area contributed by atoms with E-state index >= 15 is 0 Å². The van der Waals surface area contributed by atoms with Crippen LogP contribution in [0.3, 0.4) is 0 Å². The van der Waals surface area contributed by atoms with Crippen molar-refractivity contribution in [3.63, 3.8) is 0 Å². The summed E-state index contributed by atoms with van der Waals surface area (Å²) in [5.41, 5.74) is 9.28.